The van der Waals surface area contributed by atoms with Crippen LogP contribution in [0.5, 0.6) is 5.75 Å². The van der Waals surface area contributed by atoms with Crippen LogP contribution in [0.25, 0.3) is 0 Å². The van der Waals surface area contributed by atoms with Gasteiger partial charge in [0.05, 0.1) is 25.7 Å². The molecule has 0 radical (unpaired) electrons. The number of nitrogens with zero attached hydrogens (tertiary/aromatic N) is 2. The van der Waals surface area contributed by atoms with Gasteiger partial charge in [0.2, 0.25) is 11.8 Å². The smallest absolute Gasteiger partial charge is 0.228 e. The quantitative estimate of drug-likeness (QED) is 0.823. The molecule has 3 rings (SSSR count). The minimum Gasteiger partial charge on any atom is -0.494 e. The third-order valence-corrected chi connectivity index (χ3v) is 4.42. The van der Waals surface area contributed by atoms with E-state index in [1.54, 1.807) is 4.90 Å². The lowest BCUT2D eigenvalue weighted by atomic mass is 10.1. The molecule has 2 saturated heterocycles. The molecule has 0 N–H and O–H groups in total. The molecule has 24 heavy (non-hydrogen) atoms. The molecule has 1 atom stereocenters. The highest BCUT2D eigenvalue weighted by Crippen LogP contribution is 2.28. The molecule has 2 aliphatic heterocycles. The van der Waals surface area contributed by atoms with E-state index < -0.39 is 0 Å². The maximum absolute atomic E-state index is 12.6. The summed E-state index contributed by atoms with van der Waals surface area (Å²) in [6.45, 7) is 5.58. The van der Waals surface area contributed by atoms with Gasteiger partial charge in [0.25, 0.3) is 0 Å². The number of hydrogen-bond acceptors (Lipinski definition) is 4. The van der Waals surface area contributed by atoms with E-state index in [-0.39, 0.29) is 24.2 Å². The summed E-state index contributed by atoms with van der Waals surface area (Å²) in [5.74, 6) is 0.612. The molecule has 0 bridgehead atoms. The molecule has 2 fully saturated rings. The highest BCUT2D eigenvalue weighted by molar-refractivity contribution is 6.00. The van der Waals surface area contributed by atoms with Gasteiger partial charge in [-0.2, -0.15) is 0 Å². The Kier molecular flexibility index (Phi) is 5.35. The lowest BCUT2D eigenvalue weighted by molar-refractivity contribution is -0.139. The number of amides is 2. The highest BCUT2D eigenvalue weighted by atomic mass is 16.5. The van der Waals surface area contributed by atoms with Crippen molar-refractivity contribution in [1.82, 2.24) is 4.90 Å². The van der Waals surface area contributed by atoms with Crippen LogP contribution in [0.4, 0.5) is 5.69 Å². The number of carbonyl (C=O) groups is 2. The van der Waals surface area contributed by atoms with Crippen LogP contribution in [-0.2, 0) is 14.3 Å². The van der Waals surface area contributed by atoms with E-state index >= 15 is 0 Å². The summed E-state index contributed by atoms with van der Waals surface area (Å²) in [5.41, 5.74) is 0.820. The van der Waals surface area contributed by atoms with E-state index in [1.807, 2.05) is 29.2 Å². The van der Waals surface area contributed by atoms with Gasteiger partial charge < -0.3 is 19.3 Å². The van der Waals surface area contributed by atoms with Gasteiger partial charge in [-0.25, -0.2) is 0 Å². The van der Waals surface area contributed by atoms with Gasteiger partial charge in [-0.3, -0.25) is 9.59 Å². The number of hydrogen-bond donors (Lipinski definition) is 0. The molecule has 130 valence electrons. The monoisotopic (exact) mass is 332 g/mol. The molecule has 2 heterocycles. The first-order chi connectivity index (χ1) is 11.7. The molecule has 1 aromatic carbocycles. The minimum absolute atomic E-state index is 0.00355. The Morgan fingerprint density at radius 2 is 1.96 bits per heavy atom. The first-order valence-electron chi connectivity index (χ1n) is 8.59. The number of benzene rings is 1. The SMILES string of the molecule is CCCOc1ccc(N2CC(C(=O)N3CCOCC3)CC2=O)cc1. The van der Waals surface area contributed by atoms with Crippen molar-refractivity contribution < 1.29 is 19.1 Å². The van der Waals surface area contributed by atoms with E-state index in [1.165, 1.54) is 0 Å². The first-order valence-corrected chi connectivity index (χ1v) is 8.59. The van der Waals surface area contributed by atoms with E-state index in [9.17, 15) is 9.59 Å². The van der Waals surface area contributed by atoms with Gasteiger partial charge in [-0.1, -0.05) is 6.92 Å². The minimum atomic E-state index is -0.258. The Morgan fingerprint density at radius 1 is 1.25 bits per heavy atom. The highest BCUT2D eigenvalue weighted by Gasteiger charge is 2.37. The van der Waals surface area contributed by atoms with E-state index in [2.05, 4.69) is 6.92 Å². The van der Waals surface area contributed by atoms with Crippen LogP contribution in [0.1, 0.15) is 19.8 Å². The molecule has 6 nitrogen and oxygen atoms in total. The van der Waals surface area contributed by atoms with Crippen LogP contribution in [0.15, 0.2) is 24.3 Å². The first kappa shape index (κ1) is 16.8. The molecular weight excluding hydrogens is 308 g/mol. The molecule has 6 heteroatoms. The fraction of sp³-hybridized carbons (Fsp3) is 0.556. The summed E-state index contributed by atoms with van der Waals surface area (Å²) < 4.78 is 10.8. The number of rotatable bonds is 5. The maximum atomic E-state index is 12.6. The number of ether oxygens (including phenoxy) is 2. The normalized spacial score (nSPS) is 21.2. The summed E-state index contributed by atoms with van der Waals surface area (Å²) in [6, 6.07) is 7.50. The van der Waals surface area contributed by atoms with Gasteiger partial charge in [0.1, 0.15) is 5.75 Å². The topological polar surface area (TPSA) is 59.1 Å². The lowest BCUT2D eigenvalue weighted by Crippen LogP contribution is -2.44. The van der Waals surface area contributed by atoms with Crippen LogP contribution < -0.4 is 9.64 Å². The Morgan fingerprint density at radius 3 is 2.62 bits per heavy atom. The Labute approximate surface area is 142 Å². The van der Waals surface area contributed by atoms with Gasteiger partial charge in [-0.05, 0) is 30.7 Å². The molecule has 2 amide bonds. The summed E-state index contributed by atoms with van der Waals surface area (Å²) in [7, 11) is 0. The van der Waals surface area contributed by atoms with Crippen molar-refractivity contribution in [2.75, 3.05) is 44.4 Å². The zero-order valence-electron chi connectivity index (χ0n) is 14.1. The number of anilines is 1. The molecule has 0 aliphatic carbocycles. The molecule has 0 aromatic heterocycles. The molecule has 1 unspecified atom stereocenters. The summed E-state index contributed by atoms with van der Waals surface area (Å²) in [5, 5.41) is 0. The van der Waals surface area contributed by atoms with Crippen LogP contribution in [-0.4, -0.2) is 56.2 Å². The van der Waals surface area contributed by atoms with Crippen molar-refractivity contribution in [3.05, 3.63) is 24.3 Å². The zero-order valence-corrected chi connectivity index (χ0v) is 14.1. The molecule has 2 aliphatic rings. The summed E-state index contributed by atoms with van der Waals surface area (Å²) >= 11 is 0. The third kappa shape index (κ3) is 3.70. The predicted octanol–water partition coefficient (Wildman–Crippen LogP) is 1.69. The molecule has 0 saturated carbocycles. The Hall–Kier alpha value is -2.08. The van der Waals surface area contributed by atoms with E-state index in [4.69, 9.17) is 9.47 Å². The second-order valence-corrected chi connectivity index (χ2v) is 6.19. The number of morpholine rings is 1. The van der Waals surface area contributed by atoms with Gasteiger partial charge in [0.15, 0.2) is 0 Å². The van der Waals surface area contributed by atoms with Crippen LogP contribution >= 0.6 is 0 Å². The molecule has 1 aromatic rings. The Balaban J connectivity index is 1.62. The van der Waals surface area contributed by atoms with Gasteiger partial charge >= 0.3 is 0 Å². The largest absolute Gasteiger partial charge is 0.494 e. The fourth-order valence-corrected chi connectivity index (χ4v) is 3.11. The second kappa shape index (κ2) is 7.66. The van der Waals surface area contributed by atoms with Crippen molar-refractivity contribution in [3.8, 4) is 5.75 Å². The summed E-state index contributed by atoms with van der Waals surface area (Å²) in [6.07, 6.45) is 1.24. The molecular formula is C18H24N2O4. The number of carbonyl (C=O) groups excluding carboxylic acids is 2. The van der Waals surface area contributed by atoms with Crippen molar-refractivity contribution >= 4 is 17.5 Å². The van der Waals surface area contributed by atoms with E-state index in [0.29, 0.717) is 39.5 Å². The lowest BCUT2D eigenvalue weighted by Gasteiger charge is -2.29. The van der Waals surface area contributed by atoms with E-state index in [0.717, 1.165) is 17.9 Å². The predicted molar refractivity (Wildman–Crippen MR) is 90.1 cm³/mol. The zero-order chi connectivity index (χ0) is 16.9. The average Bonchev–Trinajstić information content (AvgIpc) is 3.02. The standard InChI is InChI=1S/C18H24N2O4/c1-2-9-24-16-5-3-15(4-6-16)20-13-14(12-17(20)21)18(22)19-7-10-23-11-8-19/h3-6,14H,2,7-13H2,1H3. The van der Waals surface area contributed by atoms with Gasteiger partial charge in [-0.15, -0.1) is 0 Å². The van der Waals surface area contributed by atoms with Crippen molar-refractivity contribution in [2.24, 2.45) is 5.92 Å². The van der Waals surface area contributed by atoms with Crippen LogP contribution in [0.3, 0.4) is 0 Å². The summed E-state index contributed by atoms with van der Waals surface area (Å²) in [4.78, 5) is 28.4. The maximum Gasteiger partial charge on any atom is 0.228 e. The Bertz CT molecular complexity index is 581. The van der Waals surface area contributed by atoms with Crippen molar-refractivity contribution in [2.45, 2.75) is 19.8 Å². The van der Waals surface area contributed by atoms with Gasteiger partial charge in [0, 0.05) is 31.7 Å². The van der Waals surface area contributed by atoms with Crippen LogP contribution in [0.2, 0.25) is 0 Å². The molecule has 0 spiro atoms. The van der Waals surface area contributed by atoms with Crippen LogP contribution in [0, 0.1) is 5.92 Å². The average molecular weight is 332 g/mol. The second-order valence-electron chi connectivity index (χ2n) is 6.19. The van der Waals surface area contributed by atoms with Crippen molar-refractivity contribution in [1.29, 1.82) is 0 Å². The fourth-order valence-electron chi connectivity index (χ4n) is 3.11. The third-order valence-electron chi connectivity index (χ3n) is 4.42. The van der Waals surface area contributed by atoms with Crippen molar-refractivity contribution in [3.63, 3.8) is 0 Å².